The summed E-state index contributed by atoms with van der Waals surface area (Å²) in [5.74, 6) is 0.00310. The summed E-state index contributed by atoms with van der Waals surface area (Å²) in [7, 11) is 0. The van der Waals surface area contributed by atoms with E-state index in [9.17, 15) is 4.79 Å². The molecule has 0 radical (unpaired) electrons. The smallest absolute Gasteiger partial charge is 0.255 e. The van der Waals surface area contributed by atoms with Crippen LogP contribution in [-0.4, -0.2) is 42.0 Å². The van der Waals surface area contributed by atoms with Crippen LogP contribution >= 0.6 is 34.3 Å². The number of hydrogen-bond acceptors (Lipinski definition) is 5. The zero-order chi connectivity index (χ0) is 17.2. The summed E-state index contributed by atoms with van der Waals surface area (Å²) < 4.78 is 0. The highest BCUT2D eigenvalue weighted by molar-refractivity contribution is 7.14. The van der Waals surface area contributed by atoms with Crippen LogP contribution in [-0.2, 0) is 0 Å². The fourth-order valence-electron chi connectivity index (χ4n) is 2.86. The number of carbonyl (C=O) groups excluding carboxylic acids is 1. The van der Waals surface area contributed by atoms with Gasteiger partial charge in [-0.3, -0.25) is 4.79 Å². The number of nitrogens with zero attached hydrogens (tertiary/aromatic N) is 3. The van der Waals surface area contributed by atoms with E-state index in [-0.39, 0.29) is 5.91 Å². The number of amides is 1. The normalized spacial score (nSPS) is 14.8. The number of aromatic nitrogens is 1. The summed E-state index contributed by atoms with van der Waals surface area (Å²) in [5.41, 5.74) is 2.77. The molecule has 1 amide bonds. The monoisotopic (exact) mass is 389 g/mol. The third-order valence-corrected chi connectivity index (χ3v) is 6.16. The molecule has 7 heteroatoms. The van der Waals surface area contributed by atoms with E-state index in [2.05, 4.69) is 27.1 Å². The number of anilines is 1. The minimum Gasteiger partial charge on any atom is -0.345 e. The molecule has 0 saturated carbocycles. The summed E-state index contributed by atoms with van der Waals surface area (Å²) in [5, 5.41) is 7.80. The number of piperazine rings is 1. The van der Waals surface area contributed by atoms with E-state index in [1.165, 1.54) is 5.56 Å². The van der Waals surface area contributed by atoms with Gasteiger partial charge < -0.3 is 9.80 Å². The zero-order valence-corrected chi connectivity index (χ0v) is 15.8. The molecule has 0 aliphatic carbocycles. The Hall–Kier alpha value is -1.89. The number of carbonyl (C=O) groups is 1. The van der Waals surface area contributed by atoms with E-state index in [1.807, 2.05) is 17.0 Å². The Morgan fingerprint density at radius 1 is 1.08 bits per heavy atom. The number of thiazole rings is 1. The molecule has 0 atom stereocenters. The lowest BCUT2D eigenvalue weighted by Gasteiger charge is -2.34. The van der Waals surface area contributed by atoms with E-state index in [0.29, 0.717) is 23.7 Å². The van der Waals surface area contributed by atoms with Crippen LogP contribution in [0.1, 0.15) is 10.4 Å². The molecule has 4 nitrogen and oxygen atoms in total. The van der Waals surface area contributed by atoms with E-state index >= 15 is 0 Å². The second-order valence-electron chi connectivity index (χ2n) is 5.79. The Labute approximate surface area is 159 Å². The lowest BCUT2D eigenvalue weighted by Crippen LogP contribution is -2.48. The van der Waals surface area contributed by atoms with Gasteiger partial charge in [-0.2, -0.15) is 11.3 Å². The van der Waals surface area contributed by atoms with Crippen molar-refractivity contribution >= 4 is 45.3 Å². The first-order valence-corrected chi connectivity index (χ1v) is 10.2. The topological polar surface area (TPSA) is 36.4 Å². The quantitative estimate of drug-likeness (QED) is 0.662. The first kappa shape index (κ1) is 16.6. The summed E-state index contributed by atoms with van der Waals surface area (Å²) in [6, 6.07) is 9.31. The predicted octanol–water partition coefficient (Wildman–Crippen LogP) is 4.49. The van der Waals surface area contributed by atoms with Gasteiger partial charge in [0.2, 0.25) is 0 Å². The molecule has 2 aromatic heterocycles. The molecule has 1 aromatic carbocycles. The Bertz CT molecular complexity index is 870. The maximum Gasteiger partial charge on any atom is 0.255 e. The van der Waals surface area contributed by atoms with Gasteiger partial charge in [-0.15, -0.1) is 11.3 Å². The zero-order valence-electron chi connectivity index (χ0n) is 13.4. The van der Waals surface area contributed by atoms with Crippen molar-refractivity contribution in [1.29, 1.82) is 0 Å². The molecule has 0 spiro atoms. The van der Waals surface area contributed by atoms with Gasteiger partial charge in [-0.1, -0.05) is 23.7 Å². The van der Waals surface area contributed by atoms with Gasteiger partial charge in [0.1, 0.15) is 0 Å². The van der Waals surface area contributed by atoms with Crippen LogP contribution in [0, 0.1) is 0 Å². The first-order chi connectivity index (χ1) is 12.2. The van der Waals surface area contributed by atoms with Gasteiger partial charge >= 0.3 is 0 Å². The Morgan fingerprint density at radius 3 is 2.60 bits per heavy atom. The second kappa shape index (κ2) is 7.15. The van der Waals surface area contributed by atoms with Crippen LogP contribution in [0.3, 0.4) is 0 Å². The largest absolute Gasteiger partial charge is 0.345 e. The highest BCUT2D eigenvalue weighted by Gasteiger charge is 2.24. The van der Waals surface area contributed by atoms with E-state index in [1.54, 1.807) is 34.8 Å². The Kier molecular flexibility index (Phi) is 4.74. The van der Waals surface area contributed by atoms with Crippen LogP contribution in [0.15, 0.2) is 46.5 Å². The van der Waals surface area contributed by atoms with Gasteiger partial charge in [0, 0.05) is 42.5 Å². The number of thiophene rings is 1. The summed E-state index contributed by atoms with van der Waals surface area (Å²) in [6.45, 7) is 2.93. The van der Waals surface area contributed by atoms with Crippen molar-refractivity contribution in [2.45, 2.75) is 0 Å². The molecule has 3 heterocycles. The van der Waals surface area contributed by atoms with Crippen LogP contribution in [0.25, 0.3) is 11.3 Å². The molecule has 1 aliphatic rings. The van der Waals surface area contributed by atoms with Crippen molar-refractivity contribution in [1.82, 2.24) is 9.88 Å². The van der Waals surface area contributed by atoms with Crippen molar-refractivity contribution in [3.63, 3.8) is 0 Å². The maximum absolute atomic E-state index is 12.6. The van der Waals surface area contributed by atoms with Gasteiger partial charge in [-0.25, -0.2) is 4.98 Å². The van der Waals surface area contributed by atoms with Gasteiger partial charge in [0.25, 0.3) is 5.91 Å². The number of benzene rings is 1. The second-order valence-corrected chi connectivity index (χ2v) is 7.81. The van der Waals surface area contributed by atoms with E-state index in [0.717, 1.165) is 23.9 Å². The molecule has 1 aliphatic heterocycles. The van der Waals surface area contributed by atoms with Gasteiger partial charge in [-0.05, 0) is 23.6 Å². The number of halogens is 1. The molecule has 1 fully saturated rings. The van der Waals surface area contributed by atoms with E-state index < -0.39 is 0 Å². The highest BCUT2D eigenvalue weighted by atomic mass is 35.5. The third kappa shape index (κ3) is 3.42. The van der Waals surface area contributed by atoms with E-state index in [4.69, 9.17) is 16.6 Å². The van der Waals surface area contributed by atoms with Crippen LogP contribution in [0.4, 0.5) is 5.13 Å². The van der Waals surface area contributed by atoms with Crippen molar-refractivity contribution in [3.05, 3.63) is 57.1 Å². The summed E-state index contributed by atoms with van der Waals surface area (Å²) in [6.07, 6.45) is 0. The Balaban J connectivity index is 1.42. The first-order valence-electron chi connectivity index (χ1n) is 7.99. The van der Waals surface area contributed by atoms with Crippen LogP contribution < -0.4 is 4.90 Å². The summed E-state index contributed by atoms with van der Waals surface area (Å²) in [4.78, 5) is 21.5. The predicted molar refractivity (Wildman–Crippen MR) is 105 cm³/mol. The third-order valence-electron chi connectivity index (χ3n) is 4.25. The average Bonchev–Trinajstić information content (AvgIpc) is 3.33. The molecular weight excluding hydrogens is 374 g/mol. The molecule has 0 bridgehead atoms. The molecule has 1 saturated heterocycles. The van der Waals surface area contributed by atoms with Crippen molar-refractivity contribution in [2.24, 2.45) is 0 Å². The fraction of sp³-hybridized carbons (Fsp3) is 0.222. The van der Waals surface area contributed by atoms with Crippen molar-refractivity contribution in [3.8, 4) is 11.3 Å². The minimum atomic E-state index is 0.00310. The summed E-state index contributed by atoms with van der Waals surface area (Å²) >= 11 is 9.48. The molecule has 3 aromatic rings. The molecular formula is C18H16ClN3OS2. The number of rotatable bonds is 3. The highest BCUT2D eigenvalue weighted by Crippen LogP contribution is 2.29. The molecule has 0 N–H and O–H groups in total. The van der Waals surface area contributed by atoms with Gasteiger partial charge in [0.05, 0.1) is 16.3 Å². The lowest BCUT2D eigenvalue weighted by molar-refractivity contribution is 0.0747. The number of hydrogen-bond donors (Lipinski definition) is 0. The fourth-order valence-corrected chi connectivity index (χ4v) is 4.61. The molecule has 0 unspecified atom stereocenters. The minimum absolute atomic E-state index is 0.00310. The SMILES string of the molecule is O=C(c1ccccc1Cl)N1CCN(c2nc(-c3ccsc3)cs2)CC1. The van der Waals surface area contributed by atoms with Crippen LogP contribution in [0.5, 0.6) is 0 Å². The Morgan fingerprint density at radius 2 is 1.88 bits per heavy atom. The van der Waals surface area contributed by atoms with Crippen molar-refractivity contribution < 1.29 is 4.79 Å². The standard InChI is InChI=1S/C18H16ClN3OS2/c19-15-4-2-1-3-14(15)17(23)21-6-8-22(9-7-21)18-20-16(12-25-18)13-5-10-24-11-13/h1-5,10-12H,6-9H2. The van der Waals surface area contributed by atoms with Gasteiger partial charge in [0.15, 0.2) is 5.13 Å². The molecule has 128 valence electrons. The lowest BCUT2D eigenvalue weighted by atomic mass is 10.2. The molecule has 4 rings (SSSR count). The van der Waals surface area contributed by atoms with Crippen molar-refractivity contribution in [2.75, 3.05) is 31.1 Å². The maximum atomic E-state index is 12.6. The van der Waals surface area contributed by atoms with Crippen LogP contribution in [0.2, 0.25) is 5.02 Å². The average molecular weight is 390 g/mol. The molecule has 25 heavy (non-hydrogen) atoms.